The molecule has 5 heteroatoms. The van der Waals surface area contributed by atoms with Crippen molar-refractivity contribution in [3.05, 3.63) is 23.6 Å². The summed E-state index contributed by atoms with van der Waals surface area (Å²) < 4.78 is 18.7. The van der Waals surface area contributed by atoms with Gasteiger partial charge in [0.15, 0.2) is 0 Å². The van der Waals surface area contributed by atoms with Crippen molar-refractivity contribution in [2.45, 2.75) is 32.4 Å². The van der Waals surface area contributed by atoms with Gasteiger partial charge >= 0.3 is 0 Å². The predicted octanol–water partition coefficient (Wildman–Crippen LogP) is 1.68. The summed E-state index contributed by atoms with van der Waals surface area (Å²) in [4.78, 5) is 6.34. The highest BCUT2D eigenvalue weighted by Crippen LogP contribution is 2.23. The number of hydrogen-bond acceptors (Lipinski definition) is 4. The molecule has 100 valence electrons. The number of ether oxygens (including phenoxy) is 1. The molecule has 4 nitrogen and oxygen atoms in total. The van der Waals surface area contributed by atoms with Gasteiger partial charge < -0.3 is 15.4 Å². The molecule has 2 heterocycles. The van der Waals surface area contributed by atoms with Gasteiger partial charge in [0, 0.05) is 31.8 Å². The Morgan fingerprint density at radius 1 is 1.50 bits per heavy atom. The van der Waals surface area contributed by atoms with Crippen LogP contribution in [0.4, 0.5) is 10.2 Å². The summed E-state index contributed by atoms with van der Waals surface area (Å²) in [5.74, 6) is 0.484. The van der Waals surface area contributed by atoms with Crippen molar-refractivity contribution in [2.75, 3.05) is 24.6 Å². The lowest BCUT2D eigenvalue weighted by molar-refractivity contribution is 0.0458. The quantitative estimate of drug-likeness (QED) is 0.887. The van der Waals surface area contributed by atoms with E-state index >= 15 is 0 Å². The molecule has 1 aromatic rings. The van der Waals surface area contributed by atoms with Gasteiger partial charge in [-0.3, -0.25) is 0 Å². The van der Waals surface area contributed by atoms with E-state index < -0.39 is 0 Å². The topological polar surface area (TPSA) is 51.4 Å². The Labute approximate surface area is 107 Å². The van der Waals surface area contributed by atoms with Crippen LogP contribution in [0, 0.1) is 5.82 Å². The molecule has 0 saturated carbocycles. The summed E-state index contributed by atoms with van der Waals surface area (Å²) in [6, 6.07) is 1.47. The molecule has 0 bridgehead atoms. The zero-order chi connectivity index (χ0) is 13.0. The van der Waals surface area contributed by atoms with Gasteiger partial charge in [-0.2, -0.15) is 0 Å². The number of nitrogens with two attached hydrogens (primary N) is 1. The normalized spacial score (nSPS) is 17.2. The van der Waals surface area contributed by atoms with Gasteiger partial charge in [-0.1, -0.05) is 0 Å². The van der Waals surface area contributed by atoms with Crippen LogP contribution in [0.15, 0.2) is 12.3 Å². The minimum absolute atomic E-state index is 0.311. The molecule has 0 aromatic carbocycles. The van der Waals surface area contributed by atoms with E-state index in [4.69, 9.17) is 10.5 Å². The van der Waals surface area contributed by atoms with Gasteiger partial charge in [0.2, 0.25) is 0 Å². The summed E-state index contributed by atoms with van der Waals surface area (Å²) in [6.45, 7) is 4.85. The second-order valence-corrected chi connectivity index (χ2v) is 4.48. The highest BCUT2D eigenvalue weighted by atomic mass is 19.1. The van der Waals surface area contributed by atoms with Crippen LogP contribution in [0.5, 0.6) is 0 Å². The molecule has 1 aliphatic rings. The average molecular weight is 253 g/mol. The van der Waals surface area contributed by atoms with Crippen molar-refractivity contribution in [3.8, 4) is 0 Å². The van der Waals surface area contributed by atoms with E-state index in [-0.39, 0.29) is 5.82 Å². The molecule has 1 saturated heterocycles. The number of pyridine rings is 1. The molecular weight excluding hydrogens is 233 g/mol. The molecule has 1 aliphatic heterocycles. The molecule has 2 N–H and O–H groups in total. The Kier molecular flexibility index (Phi) is 4.49. The van der Waals surface area contributed by atoms with Crippen molar-refractivity contribution in [1.29, 1.82) is 0 Å². The zero-order valence-corrected chi connectivity index (χ0v) is 10.7. The van der Waals surface area contributed by atoms with Gasteiger partial charge in [-0.25, -0.2) is 9.37 Å². The smallest absolute Gasteiger partial charge is 0.141 e. The van der Waals surface area contributed by atoms with Gasteiger partial charge in [0.25, 0.3) is 0 Å². The van der Waals surface area contributed by atoms with Gasteiger partial charge in [-0.15, -0.1) is 0 Å². The Morgan fingerprint density at radius 3 is 2.83 bits per heavy atom. The van der Waals surface area contributed by atoms with Crippen LogP contribution in [0.1, 0.15) is 25.3 Å². The monoisotopic (exact) mass is 253 g/mol. The van der Waals surface area contributed by atoms with Gasteiger partial charge in [0.1, 0.15) is 11.6 Å². The maximum Gasteiger partial charge on any atom is 0.141 e. The van der Waals surface area contributed by atoms with E-state index in [1.165, 1.54) is 12.3 Å². The number of rotatable bonds is 4. The average Bonchev–Trinajstić information content (AvgIpc) is 2.40. The lowest BCUT2D eigenvalue weighted by Gasteiger charge is -2.33. The van der Waals surface area contributed by atoms with Crippen LogP contribution >= 0.6 is 0 Å². The fourth-order valence-corrected chi connectivity index (χ4v) is 2.38. The summed E-state index contributed by atoms with van der Waals surface area (Å²) in [5.41, 5.74) is 6.41. The van der Waals surface area contributed by atoms with Crippen molar-refractivity contribution >= 4 is 5.82 Å². The lowest BCUT2D eigenvalue weighted by Crippen LogP contribution is -2.38. The number of halogens is 1. The third-order valence-electron chi connectivity index (χ3n) is 3.27. The van der Waals surface area contributed by atoms with Crippen LogP contribution in [0.2, 0.25) is 0 Å². The van der Waals surface area contributed by atoms with Crippen molar-refractivity contribution < 1.29 is 9.13 Å². The molecule has 18 heavy (non-hydrogen) atoms. The van der Waals surface area contributed by atoms with Crippen LogP contribution in [0.3, 0.4) is 0 Å². The summed E-state index contributed by atoms with van der Waals surface area (Å²) >= 11 is 0. The molecule has 2 rings (SSSR count). The molecule has 0 amide bonds. The second-order valence-electron chi connectivity index (χ2n) is 4.48. The first-order valence-corrected chi connectivity index (χ1v) is 6.45. The van der Waals surface area contributed by atoms with E-state index in [0.29, 0.717) is 12.6 Å². The van der Waals surface area contributed by atoms with Gasteiger partial charge in [0.05, 0.1) is 12.3 Å². The van der Waals surface area contributed by atoms with Crippen LogP contribution in [-0.4, -0.2) is 30.8 Å². The molecule has 1 fully saturated rings. The number of nitrogens with zero attached hydrogens (tertiary/aromatic N) is 2. The summed E-state index contributed by atoms with van der Waals surface area (Å²) in [7, 11) is 0. The minimum Gasteiger partial charge on any atom is -0.378 e. The van der Waals surface area contributed by atoms with Crippen LogP contribution in [-0.2, 0) is 11.3 Å². The van der Waals surface area contributed by atoms with Crippen LogP contribution in [0.25, 0.3) is 0 Å². The van der Waals surface area contributed by atoms with Gasteiger partial charge in [-0.05, 0) is 25.8 Å². The zero-order valence-electron chi connectivity index (χ0n) is 10.7. The maximum absolute atomic E-state index is 13.1. The molecule has 0 spiro atoms. The summed E-state index contributed by atoms with van der Waals surface area (Å²) in [6.07, 6.45) is 3.56. The highest BCUT2D eigenvalue weighted by molar-refractivity contribution is 5.47. The maximum atomic E-state index is 13.1. The van der Waals surface area contributed by atoms with Crippen LogP contribution < -0.4 is 10.6 Å². The van der Waals surface area contributed by atoms with Crippen molar-refractivity contribution in [1.82, 2.24) is 4.98 Å². The van der Waals surface area contributed by atoms with Crippen molar-refractivity contribution in [3.63, 3.8) is 0 Å². The summed E-state index contributed by atoms with van der Waals surface area (Å²) in [5, 5.41) is 0. The number of hydrogen-bond donors (Lipinski definition) is 1. The third-order valence-corrected chi connectivity index (χ3v) is 3.27. The third kappa shape index (κ3) is 2.97. The standard InChI is InChI=1S/C13H20FN3O/c1-2-18-12-3-5-17(6-4-12)13-10(8-15)7-11(14)9-16-13/h7,9,12H,2-6,8,15H2,1H3. The SMILES string of the molecule is CCOC1CCN(c2ncc(F)cc2CN)CC1. The first-order valence-electron chi connectivity index (χ1n) is 6.45. The fraction of sp³-hybridized carbons (Fsp3) is 0.615. The fourth-order valence-electron chi connectivity index (χ4n) is 2.38. The first kappa shape index (κ1) is 13.2. The number of anilines is 1. The highest BCUT2D eigenvalue weighted by Gasteiger charge is 2.21. The number of aromatic nitrogens is 1. The number of piperidine rings is 1. The van der Waals surface area contributed by atoms with E-state index in [1.54, 1.807) is 0 Å². The Morgan fingerprint density at radius 2 is 2.22 bits per heavy atom. The minimum atomic E-state index is -0.330. The van der Waals surface area contributed by atoms with E-state index in [2.05, 4.69) is 9.88 Å². The molecule has 0 aliphatic carbocycles. The van der Waals surface area contributed by atoms with E-state index in [9.17, 15) is 4.39 Å². The molecular formula is C13H20FN3O. The Bertz CT molecular complexity index is 392. The molecule has 0 unspecified atom stereocenters. The molecule has 0 radical (unpaired) electrons. The predicted molar refractivity (Wildman–Crippen MR) is 68.9 cm³/mol. The van der Waals surface area contributed by atoms with E-state index in [0.717, 1.165) is 43.9 Å². The molecule has 0 atom stereocenters. The first-order chi connectivity index (χ1) is 8.74. The molecule has 1 aromatic heterocycles. The lowest BCUT2D eigenvalue weighted by atomic mass is 10.1. The van der Waals surface area contributed by atoms with Crippen molar-refractivity contribution in [2.24, 2.45) is 5.73 Å². The Hall–Kier alpha value is -1.20. The second kappa shape index (κ2) is 6.11. The Balaban J connectivity index is 2.05. The van der Waals surface area contributed by atoms with E-state index in [1.807, 2.05) is 6.92 Å². The largest absolute Gasteiger partial charge is 0.378 e.